The zero-order valence-corrected chi connectivity index (χ0v) is 11.3. The van der Waals surface area contributed by atoms with Crippen LogP contribution in [0, 0.1) is 0 Å². The number of hydrogen-bond donors (Lipinski definition) is 1. The first-order chi connectivity index (χ1) is 8.24. The van der Waals surface area contributed by atoms with Crippen LogP contribution in [0.1, 0.15) is 25.7 Å². The molecule has 2 aliphatic rings. The largest absolute Gasteiger partial charge is 0.383 e. The predicted molar refractivity (Wildman–Crippen MR) is 70.1 cm³/mol. The molecule has 100 valence electrons. The van der Waals surface area contributed by atoms with Crippen LogP contribution in [-0.4, -0.2) is 68.3 Å². The van der Waals surface area contributed by atoms with Crippen LogP contribution < -0.4 is 5.73 Å². The van der Waals surface area contributed by atoms with Crippen molar-refractivity contribution in [1.82, 2.24) is 9.80 Å². The minimum absolute atomic E-state index is 0.193. The smallest absolute Gasteiger partial charge is 0.0589 e. The van der Waals surface area contributed by atoms with Crippen molar-refractivity contribution in [2.45, 2.75) is 37.3 Å². The van der Waals surface area contributed by atoms with Crippen LogP contribution >= 0.6 is 0 Å². The van der Waals surface area contributed by atoms with E-state index in [9.17, 15) is 0 Å². The number of nitrogens with zero attached hydrogens (tertiary/aromatic N) is 2. The Morgan fingerprint density at radius 1 is 1.41 bits per heavy atom. The van der Waals surface area contributed by atoms with Crippen molar-refractivity contribution >= 4 is 0 Å². The molecule has 0 aromatic heterocycles. The molecule has 2 saturated heterocycles. The Hall–Kier alpha value is -0.160. The number of nitrogens with two attached hydrogens (primary N) is 1. The van der Waals surface area contributed by atoms with Gasteiger partial charge in [-0.05, 0) is 32.9 Å². The molecule has 0 bridgehead atoms. The summed E-state index contributed by atoms with van der Waals surface area (Å²) in [6.07, 6.45) is 5.25. The maximum atomic E-state index is 6.14. The van der Waals surface area contributed by atoms with Crippen molar-refractivity contribution in [2.75, 3.05) is 46.9 Å². The highest BCUT2D eigenvalue weighted by Gasteiger charge is 2.49. The van der Waals surface area contributed by atoms with Crippen molar-refractivity contribution < 1.29 is 4.74 Å². The maximum absolute atomic E-state index is 6.14. The van der Waals surface area contributed by atoms with E-state index < -0.39 is 0 Å². The van der Waals surface area contributed by atoms with Gasteiger partial charge in [-0.25, -0.2) is 0 Å². The van der Waals surface area contributed by atoms with E-state index in [1.807, 2.05) is 0 Å². The zero-order chi connectivity index (χ0) is 12.3. The summed E-state index contributed by atoms with van der Waals surface area (Å²) in [4.78, 5) is 5.10. The lowest BCUT2D eigenvalue weighted by Gasteiger charge is -2.46. The molecular weight excluding hydrogens is 214 g/mol. The molecule has 0 aromatic carbocycles. The fourth-order valence-corrected chi connectivity index (χ4v) is 3.66. The van der Waals surface area contributed by atoms with Crippen LogP contribution in [-0.2, 0) is 4.74 Å². The summed E-state index contributed by atoms with van der Waals surface area (Å²) < 4.78 is 5.20. The summed E-state index contributed by atoms with van der Waals surface area (Å²) in [5.74, 6) is 0. The predicted octanol–water partition coefficient (Wildman–Crippen LogP) is 0.520. The number of fused-ring (bicyclic) bond motifs is 1. The van der Waals surface area contributed by atoms with Crippen molar-refractivity contribution in [3.05, 3.63) is 0 Å². The number of methoxy groups -OCH3 is 1. The lowest BCUT2D eigenvalue weighted by molar-refractivity contribution is 0.0384. The first-order valence-corrected chi connectivity index (χ1v) is 6.89. The Morgan fingerprint density at radius 3 is 2.94 bits per heavy atom. The maximum Gasteiger partial charge on any atom is 0.0589 e. The Labute approximate surface area is 105 Å². The molecule has 0 aromatic rings. The summed E-state index contributed by atoms with van der Waals surface area (Å²) in [6, 6.07) is 0.670. The van der Waals surface area contributed by atoms with Crippen molar-refractivity contribution in [1.29, 1.82) is 0 Å². The Kier molecular flexibility index (Phi) is 4.42. The summed E-state index contributed by atoms with van der Waals surface area (Å²) >= 11 is 0. The van der Waals surface area contributed by atoms with E-state index in [4.69, 9.17) is 10.5 Å². The summed E-state index contributed by atoms with van der Waals surface area (Å²) in [5, 5.41) is 0. The lowest BCUT2D eigenvalue weighted by Crippen LogP contribution is -2.61. The molecule has 2 unspecified atom stereocenters. The summed E-state index contributed by atoms with van der Waals surface area (Å²) in [5.41, 5.74) is 6.33. The van der Waals surface area contributed by atoms with Gasteiger partial charge in [0, 0.05) is 38.3 Å². The normalized spacial score (nSPS) is 34.2. The van der Waals surface area contributed by atoms with Crippen LogP contribution in [0.4, 0.5) is 0 Å². The zero-order valence-electron chi connectivity index (χ0n) is 11.3. The molecule has 0 radical (unpaired) electrons. The van der Waals surface area contributed by atoms with E-state index in [2.05, 4.69) is 16.8 Å². The highest BCUT2D eigenvalue weighted by molar-refractivity contribution is 5.08. The van der Waals surface area contributed by atoms with Gasteiger partial charge < -0.3 is 10.5 Å². The van der Waals surface area contributed by atoms with Gasteiger partial charge in [-0.2, -0.15) is 0 Å². The second-order valence-electron chi connectivity index (χ2n) is 5.52. The Bertz CT molecular complexity index is 249. The van der Waals surface area contributed by atoms with E-state index in [1.54, 1.807) is 7.11 Å². The van der Waals surface area contributed by atoms with Crippen LogP contribution in [0.3, 0.4) is 0 Å². The highest BCUT2D eigenvalue weighted by Crippen LogP contribution is 2.38. The summed E-state index contributed by atoms with van der Waals surface area (Å²) in [6.45, 7) is 5.04. The van der Waals surface area contributed by atoms with Crippen LogP contribution in [0.2, 0.25) is 0 Å². The molecule has 4 nitrogen and oxygen atoms in total. The monoisotopic (exact) mass is 241 g/mol. The fourth-order valence-electron chi connectivity index (χ4n) is 3.66. The van der Waals surface area contributed by atoms with Gasteiger partial charge in [-0.1, -0.05) is 6.42 Å². The third-order valence-corrected chi connectivity index (χ3v) is 4.81. The first-order valence-electron chi connectivity index (χ1n) is 6.89. The third kappa shape index (κ3) is 2.36. The molecule has 0 spiro atoms. The number of hydrogen-bond acceptors (Lipinski definition) is 4. The standard InChI is InChI=1S/C13H27N3O/c1-15(9-10-17-2)13(11-14)6-8-16-7-4-3-5-12(13)16/h12H,3-11,14H2,1-2H3. The highest BCUT2D eigenvalue weighted by atomic mass is 16.5. The van der Waals surface area contributed by atoms with Crippen LogP contribution in [0.15, 0.2) is 0 Å². The van der Waals surface area contributed by atoms with Gasteiger partial charge in [-0.3, -0.25) is 9.80 Å². The van der Waals surface area contributed by atoms with Crippen LogP contribution in [0.25, 0.3) is 0 Å². The minimum atomic E-state index is 0.193. The number of rotatable bonds is 5. The molecule has 4 heteroatoms. The molecule has 0 aliphatic carbocycles. The molecule has 2 heterocycles. The molecule has 2 fully saturated rings. The Balaban J connectivity index is 2.07. The third-order valence-electron chi connectivity index (χ3n) is 4.81. The topological polar surface area (TPSA) is 41.7 Å². The van der Waals surface area contributed by atoms with Crippen molar-refractivity contribution in [3.63, 3.8) is 0 Å². The lowest BCUT2D eigenvalue weighted by atomic mass is 9.84. The molecule has 2 atom stereocenters. The molecule has 0 saturated carbocycles. The van der Waals surface area contributed by atoms with Crippen molar-refractivity contribution in [2.24, 2.45) is 5.73 Å². The molecule has 0 amide bonds. The van der Waals surface area contributed by atoms with Gasteiger partial charge in [0.05, 0.1) is 6.61 Å². The van der Waals surface area contributed by atoms with E-state index in [-0.39, 0.29) is 5.54 Å². The average Bonchev–Trinajstić information content (AvgIpc) is 2.76. The average molecular weight is 241 g/mol. The van der Waals surface area contributed by atoms with Crippen LogP contribution in [0.5, 0.6) is 0 Å². The van der Waals surface area contributed by atoms with E-state index in [1.165, 1.54) is 38.8 Å². The fraction of sp³-hybridized carbons (Fsp3) is 1.00. The van der Waals surface area contributed by atoms with E-state index in [0.717, 1.165) is 19.7 Å². The van der Waals surface area contributed by atoms with Gasteiger partial charge in [-0.15, -0.1) is 0 Å². The molecule has 2 aliphatic heterocycles. The Morgan fingerprint density at radius 2 is 2.24 bits per heavy atom. The van der Waals surface area contributed by atoms with Gasteiger partial charge in [0.1, 0.15) is 0 Å². The molecule has 2 N–H and O–H groups in total. The van der Waals surface area contributed by atoms with Gasteiger partial charge in [0.2, 0.25) is 0 Å². The SMILES string of the molecule is COCCN(C)C1(CN)CCN2CCCCC21. The molecule has 17 heavy (non-hydrogen) atoms. The molecular formula is C13H27N3O. The second-order valence-corrected chi connectivity index (χ2v) is 5.52. The molecule has 2 rings (SSSR count). The van der Waals surface area contributed by atoms with Gasteiger partial charge >= 0.3 is 0 Å². The van der Waals surface area contributed by atoms with E-state index >= 15 is 0 Å². The number of ether oxygens (including phenoxy) is 1. The summed E-state index contributed by atoms with van der Waals surface area (Å²) in [7, 11) is 3.98. The number of piperidine rings is 1. The van der Waals surface area contributed by atoms with Gasteiger partial charge in [0.25, 0.3) is 0 Å². The second kappa shape index (κ2) is 5.65. The first kappa shape index (κ1) is 13.3. The minimum Gasteiger partial charge on any atom is -0.383 e. The van der Waals surface area contributed by atoms with Crippen molar-refractivity contribution in [3.8, 4) is 0 Å². The van der Waals surface area contributed by atoms with Gasteiger partial charge in [0.15, 0.2) is 0 Å². The number of likely N-dealkylation sites (N-methyl/N-ethyl adjacent to an activating group) is 1. The quantitative estimate of drug-likeness (QED) is 0.762. The van der Waals surface area contributed by atoms with E-state index in [0.29, 0.717) is 6.04 Å².